The molecule has 1 aliphatic heterocycles. The van der Waals surface area contributed by atoms with Crippen LogP contribution in [0.15, 0.2) is 33.9 Å². The van der Waals surface area contributed by atoms with Crippen LogP contribution in [0, 0.1) is 0 Å². The summed E-state index contributed by atoms with van der Waals surface area (Å²) in [5, 5.41) is 6.65. The van der Waals surface area contributed by atoms with Gasteiger partial charge in [-0.1, -0.05) is 22.0 Å². The highest BCUT2D eigenvalue weighted by Gasteiger charge is 2.33. The number of aromatic nitrogens is 1. The number of carbonyl (C=O) groups is 2. The Morgan fingerprint density at radius 2 is 1.88 bits per heavy atom. The maximum absolute atomic E-state index is 12.4. The summed E-state index contributed by atoms with van der Waals surface area (Å²) in [5.74, 6) is -0.335. The number of piperazine rings is 1. The smallest absolute Gasteiger partial charge is 0.243 e. The predicted octanol–water partition coefficient (Wildman–Crippen LogP) is 0.510. The largest absolute Gasteiger partial charge is 0.370 e. The Morgan fingerprint density at radius 1 is 1.15 bits per heavy atom. The van der Waals surface area contributed by atoms with Gasteiger partial charge in [-0.15, -0.1) is 0 Å². The number of hydrogen-bond donors (Lipinski definition) is 5. The van der Waals surface area contributed by atoms with E-state index in [2.05, 4.69) is 36.5 Å². The molecule has 1 aromatic heterocycles. The van der Waals surface area contributed by atoms with Gasteiger partial charge in [0, 0.05) is 34.5 Å². The quantitative estimate of drug-likeness (QED) is 0.264. The van der Waals surface area contributed by atoms with Crippen molar-refractivity contribution in [3.63, 3.8) is 0 Å². The van der Waals surface area contributed by atoms with Gasteiger partial charge in [-0.05, 0) is 30.5 Å². The third-order valence-electron chi connectivity index (χ3n) is 4.36. The summed E-state index contributed by atoms with van der Waals surface area (Å²) in [5.41, 5.74) is 12.5. The average molecular weight is 421 g/mol. The van der Waals surface area contributed by atoms with Gasteiger partial charge in [-0.2, -0.15) is 0 Å². The van der Waals surface area contributed by atoms with Crippen LogP contribution in [0.3, 0.4) is 0 Å². The number of halogens is 1. The van der Waals surface area contributed by atoms with Crippen LogP contribution in [-0.2, 0) is 16.0 Å². The number of nitrogens with two attached hydrogens (primary N) is 2. The van der Waals surface area contributed by atoms with E-state index in [4.69, 9.17) is 11.5 Å². The van der Waals surface area contributed by atoms with Gasteiger partial charge in [0.15, 0.2) is 5.96 Å². The molecule has 2 heterocycles. The lowest BCUT2D eigenvalue weighted by atomic mass is 10.00. The molecular weight excluding hydrogens is 400 g/mol. The van der Waals surface area contributed by atoms with Gasteiger partial charge in [0.05, 0.1) is 0 Å². The molecule has 2 aromatic rings. The number of hydrogen-bond acceptors (Lipinski definition) is 3. The molecule has 0 bridgehead atoms. The maximum Gasteiger partial charge on any atom is 0.243 e. The van der Waals surface area contributed by atoms with Crippen LogP contribution in [0.1, 0.15) is 18.4 Å². The summed E-state index contributed by atoms with van der Waals surface area (Å²) in [4.78, 5) is 31.8. The molecule has 1 unspecified atom stereocenters. The Hall–Kier alpha value is -2.55. The van der Waals surface area contributed by atoms with Crippen LogP contribution in [0.5, 0.6) is 0 Å². The Morgan fingerprint density at radius 3 is 2.65 bits per heavy atom. The highest BCUT2D eigenvalue weighted by Crippen LogP contribution is 2.23. The summed E-state index contributed by atoms with van der Waals surface area (Å²) in [6.45, 7) is 0.427. The fourth-order valence-corrected chi connectivity index (χ4v) is 3.43. The second kappa shape index (κ2) is 7.77. The van der Waals surface area contributed by atoms with Crippen molar-refractivity contribution in [3.05, 3.63) is 34.4 Å². The fourth-order valence-electron chi connectivity index (χ4n) is 3.07. The lowest BCUT2D eigenvalue weighted by Gasteiger charge is -2.29. The van der Waals surface area contributed by atoms with Crippen LogP contribution in [-0.4, -0.2) is 41.4 Å². The van der Waals surface area contributed by atoms with Gasteiger partial charge >= 0.3 is 0 Å². The normalized spacial score (nSPS) is 19.9. The van der Waals surface area contributed by atoms with Crippen molar-refractivity contribution in [3.8, 4) is 0 Å². The SMILES string of the molecule is NC(N)=NCCC[C@@H]1NC(=O)C(Cc2c[nH]c3cc(Br)ccc23)NC1=O. The van der Waals surface area contributed by atoms with Gasteiger partial charge in [-0.3, -0.25) is 14.6 Å². The molecule has 2 atom stereocenters. The number of amides is 2. The van der Waals surface area contributed by atoms with Crippen LogP contribution < -0.4 is 22.1 Å². The Kier molecular flexibility index (Phi) is 5.46. The van der Waals surface area contributed by atoms with Crippen molar-refractivity contribution in [2.45, 2.75) is 31.3 Å². The van der Waals surface area contributed by atoms with Crippen LogP contribution >= 0.6 is 15.9 Å². The minimum Gasteiger partial charge on any atom is -0.370 e. The topological polar surface area (TPSA) is 138 Å². The van der Waals surface area contributed by atoms with Crippen LogP contribution in [0.2, 0.25) is 0 Å². The van der Waals surface area contributed by atoms with Gasteiger partial charge in [0.25, 0.3) is 0 Å². The Labute approximate surface area is 158 Å². The zero-order chi connectivity index (χ0) is 18.7. The number of rotatable bonds is 6. The first kappa shape index (κ1) is 18.2. The highest BCUT2D eigenvalue weighted by molar-refractivity contribution is 9.10. The molecule has 0 saturated carbocycles. The zero-order valence-electron chi connectivity index (χ0n) is 14.1. The molecule has 1 aromatic carbocycles. The highest BCUT2D eigenvalue weighted by atomic mass is 79.9. The third kappa shape index (κ3) is 4.16. The van der Waals surface area contributed by atoms with E-state index in [0.717, 1.165) is 20.9 Å². The standard InChI is InChI=1S/C17H21BrN6O2/c18-10-3-4-11-9(8-22-13(11)7-10)6-14-16(26)23-12(15(25)24-14)2-1-5-21-17(19)20/h3-4,7-8,12,14,22H,1-2,5-6H2,(H,23,26)(H,24,25)(H4,19,20,21)/t12-,14?/m0/s1. The molecule has 0 spiro atoms. The zero-order valence-corrected chi connectivity index (χ0v) is 15.7. The van der Waals surface area contributed by atoms with E-state index in [1.165, 1.54) is 0 Å². The monoisotopic (exact) mass is 420 g/mol. The van der Waals surface area contributed by atoms with Crippen molar-refractivity contribution in [2.75, 3.05) is 6.54 Å². The lowest BCUT2D eigenvalue weighted by Crippen LogP contribution is -2.62. The number of aromatic amines is 1. The Balaban J connectivity index is 1.61. The molecule has 1 aliphatic rings. The lowest BCUT2D eigenvalue weighted by molar-refractivity contribution is -0.136. The number of nitrogens with one attached hydrogen (secondary N) is 3. The van der Waals surface area contributed by atoms with Crippen molar-refractivity contribution in [1.29, 1.82) is 0 Å². The molecule has 1 saturated heterocycles. The number of guanidine groups is 1. The Bertz CT molecular complexity index is 858. The van der Waals surface area contributed by atoms with Crippen LogP contribution in [0.25, 0.3) is 10.9 Å². The number of aliphatic imine (C=N–C) groups is 1. The molecule has 8 nitrogen and oxygen atoms in total. The summed E-state index contributed by atoms with van der Waals surface area (Å²) >= 11 is 3.43. The van der Waals surface area contributed by atoms with E-state index in [0.29, 0.717) is 25.8 Å². The number of benzene rings is 1. The molecule has 7 N–H and O–H groups in total. The third-order valence-corrected chi connectivity index (χ3v) is 4.86. The molecular formula is C17H21BrN6O2. The number of carbonyl (C=O) groups excluding carboxylic acids is 2. The minimum absolute atomic E-state index is 0.0213. The number of fused-ring (bicyclic) bond motifs is 1. The number of nitrogens with zero attached hydrogens (tertiary/aromatic N) is 1. The minimum atomic E-state index is -0.584. The van der Waals surface area contributed by atoms with Crippen molar-refractivity contribution in [2.24, 2.45) is 16.5 Å². The van der Waals surface area contributed by atoms with Crippen molar-refractivity contribution in [1.82, 2.24) is 15.6 Å². The van der Waals surface area contributed by atoms with Gasteiger partial charge in [0.2, 0.25) is 11.8 Å². The summed E-state index contributed by atoms with van der Waals surface area (Å²) < 4.78 is 0.977. The van der Waals surface area contributed by atoms with Crippen molar-refractivity contribution < 1.29 is 9.59 Å². The van der Waals surface area contributed by atoms with Crippen LogP contribution in [0.4, 0.5) is 0 Å². The van der Waals surface area contributed by atoms with Gasteiger partial charge in [-0.25, -0.2) is 0 Å². The summed E-state index contributed by atoms with van der Waals surface area (Å²) in [7, 11) is 0. The molecule has 138 valence electrons. The molecule has 1 fully saturated rings. The van der Waals surface area contributed by atoms with Gasteiger partial charge < -0.3 is 27.1 Å². The van der Waals surface area contributed by atoms with Gasteiger partial charge in [0.1, 0.15) is 12.1 Å². The first-order valence-electron chi connectivity index (χ1n) is 8.35. The summed E-state index contributed by atoms with van der Waals surface area (Å²) in [6, 6.07) is 4.78. The number of H-pyrrole nitrogens is 1. The van der Waals surface area contributed by atoms with E-state index in [-0.39, 0.29) is 17.8 Å². The molecule has 9 heteroatoms. The van der Waals surface area contributed by atoms with E-state index in [9.17, 15) is 9.59 Å². The van der Waals surface area contributed by atoms with E-state index >= 15 is 0 Å². The fraction of sp³-hybridized carbons (Fsp3) is 0.353. The molecule has 2 amide bonds. The maximum atomic E-state index is 12.4. The predicted molar refractivity (Wildman–Crippen MR) is 103 cm³/mol. The van der Waals surface area contributed by atoms with E-state index < -0.39 is 12.1 Å². The molecule has 3 rings (SSSR count). The van der Waals surface area contributed by atoms with E-state index in [1.807, 2.05) is 24.4 Å². The first-order chi connectivity index (χ1) is 12.4. The second-order valence-electron chi connectivity index (χ2n) is 6.28. The molecule has 26 heavy (non-hydrogen) atoms. The van der Waals surface area contributed by atoms with Crippen molar-refractivity contribution >= 4 is 44.6 Å². The second-order valence-corrected chi connectivity index (χ2v) is 7.19. The van der Waals surface area contributed by atoms with E-state index in [1.54, 1.807) is 0 Å². The molecule has 0 radical (unpaired) electrons. The molecule has 0 aliphatic carbocycles. The average Bonchev–Trinajstić information content (AvgIpc) is 2.97. The first-order valence-corrected chi connectivity index (χ1v) is 9.15. The summed E-state index contributed by atoms with van der Waals surface area (Å²) in [6.07, 6.45) is 3.40.